The number of ether oxygens (including phenoxy) is 1. The molecule has 0 aromatic heterocycles. The average Bonchev–Trinajstić information content (AvgIpc) is 2.37. The summed E-state index contributed by atoms with van der Waals surface area (Å²) in [6.07, 6.45) is 4.26. The maximum atomic E-state index is 11.9. The molecule has 0 bridgehead atoms. The standard InChI is InChI=1S/C14H28N2O2/c1-4-18-13(17)12-7-5-6-9-16(12)10-8-14(2,3)11-15/h12H,4-11,15H2,1-3H3. The highest BCUT2D eigenvalue weighted by Crippen LogP contribution is 2.23. The van der Waals surface area contributed by atoms with E-state index in [1.807, 2.05) is 6.92 Å². The Kier molecular flexibility index (Phi) is 6.09. The van der Waals surface area contributed by atoms with Gasteiger partial charge < -0.3 is 10.5 Å². The van der Waals surface area contributed by atoms with Gasteiger partial charge in [-0.15, -0.1) is 0 Å². The fourth-order valence-electron chi connectivity index (χ4n) is 2.31. The van der Waals surface area contributed by atoms with Gasteiger partial charge in [-0.1, -0.05) is 20.3 Å². The van der Waals surface area contributed by atoms with Crippen LogP contribution in [0.2, 0.25) is 0 Å². The second-order valence-electron chi connectivity index (χ2n) is 5.92. The molecule has 0 saturated carbocycles. The van der Waals surface area contributed by atoms with Gasteiger partial charge in [0.05, 0.1) is 6.61 Å². The fourth-order valence-corrected chi connectivity index (χ4v) is 2.31. The van der Waals surface area contributed by atoms with Gasteiger partial charge in [-0.05, 0) is 51.2 Å². The molecule has 1 rings (SSSR count). The minimum absolute atomic E-state index is 0.0349. The van der Waals surface area contributed by atoms with Crippen LogP contribution in [0.3, 0.4) is 0 Å². The van der Waals surface area contributed by atoms with Gasteiger partial charge in [0.15, 0.2) is 0 Å². The zero-order valence-electron chi connectivity index (χ0n) is 12.1. The van der Waals surface area contributed by atoms with Crippen LogP contribution < -0.4 is 5.73 Å². The molecule has 0 aromatic rings. The molecule has 4 heteroatoms. The lowest BCUT2D eigenvalue weighted by Gasteiger charge is -2.36. The van der Waals surface area contributed by atoms with E-state index in [9.17, 15) is 4.79 Å². The number of piperidine rings is 1. The summed E-state index contributed by atoms with van der Waals surface area (Å²) in [7, 11) is 0. The van der Waals surface area contributed by atoms with Crippen LogP contribution in [0.4, 0.5) is 0 Å². The van der Waals surface area contributed by atoms with Gasteiger partial charge in [0.2, 0.25) is 0 Å². The largest absolute Gasteiger partial charge is 0.465 e. The van der Waals surface area contributed by atoms with E-state index >= 15 is 0 Å². The number of likely N-dealkylation sites (tertiary alicyclic amines) is 1. The van der Waals surface area contributed by atoms with Crippen LogP contribution in [-0.4, -0.2) is 43.2 Å². The van der Waals surface area contributed by atoms with E-state index in [0.717, 1.165) is 32.4 Å². The molecular formula is C14H28N2O2. The molecule has 0 aliphatic carbocycles. The molecule has 0 radical (unpaired) electrons. The number of hydrogen-bond acceptors (Lipinski definition) is 4. The summed E-state index contributed by atoms with van der Waals surface area (Å²) < 4.78 is 5.16. The van der Waals surface area contributed by atoms with Crippen LogP contribution in [0.1, 0.15) is 46.5 Å². The minimum Gasteiger partial charge on any atom is -0.465 e. The van der Waals surface area contributed by atoms with Crippen LogP contribution >= 0.6 is 0 Å². The van der Waals surface area contributed by atoms with Gasteiger partial charge in [0, 0.05) is 0 Å². The van der Waals surface area contributed by atoms with Crippen molar-refractivity contribution in [3.8, 4) is 0 Å². The van der Waals surface area contributed by atoms with Gasteiger partial charge in [-0.25, -0.2) is 0 Å². The van der Waals surface area contributed by atoms with Gasteiger partial charge in [-0.2, -0.15) is 0 Å². The zero-order valence-corrected chi connectivity index (χ0v) is 12.1. The Morgan fingerprint density at radius 3 is 2.78 bits per heavy atom. The molecule has 0 amide bonds. The maximum absolute atomic E-state index is 11.9. The second kappa shape index (κ2) is 7.10. The lowest BCUT2D eigenvalue weighted by Crippen LogP contribution is -2.47. The molecule has 106 valence electrons. The Labute approximate surface area is 111 Å². The maximum Gasteiger partial charge on any atom is 0.323 e. The van der Waals surface area contributed by atoms with Gasteiger partial charge in [-0.3, -0.25) is 9.69 Å². The molecular weight excluding hydrogens is 228 g/mol. The SMILES string of the molecule is CCOC(=O)C1CCCCN1CCC(C)(C)CN. The second-order valence-corrected chi connectivity index (χ2v) is 5.92. The number of nitrogens with zero attached hydrogens (tertiary/aromatic N) is 1. The van der Waals surface area contributed by atoms with E-state index in [1.54, 1.807) is 0 Å². The highest BCUT2D eigenvalue weighted by molar-refractivity contribution is 5.75. The van der Waals surface area contributed by atoms with Crippen molar-refractivity contribution in [2.24, 2.45) is 11.1 Å². The number of carbonyl (C=O) groups is 1. The molecule has 0 spiro atoms. The highest BCUT2D eigenvalue weighted by Gasteiger charge is 2.30. The average molecular weight is 256 g/mol. The minimum atomic E-state index is -0.0530. The van der Waals surface area contributed by atoms with E-state index in [-0.39, 0.29) is 17.4 Å². The van der Waals surface area contributed by atoms with Crippen molar-refractivity contribution >= 4 is 5.97 Å². The van der Waals surface area contributed by atoms with Crippen LogP contribution in [0, 0.1) is 5.41 Å². The molecule has 2 N–H and O–H groups in total. The summed E-state index contributed by atoms with van der Waals surface area (Å²) in [6.45, 7) is 9.31. The van der Waals surface area contributed by atoms with Crippen molar-refractivity contribution < 1.29 is 9.53 Å². The lowest BCUT2D eigenvalue weighted by molar-refractivity contribution is -0.151. The summed E-state index contributed by atoms with van der Waals surface area (Å²) in [4.78, 5) is 14.2. The zero-order chi connectivity index (χ0) is 13.6. The van der Waals surface area contributed by atoms with Crippen molar-refractivity contribution in [1.82, 2.24) is 4.90 Å². The topological polar surface area (TPSA) is 55.6 Å². The Morgan fingerprint density at radius 1 is 1.44 bits per heavy atom. The first-order valence-electron chi connectivity index (χ1n) is 7.11. The first-order chi connectivity index (χ1) is 8.50. The van der Waals surface area contributed by atoms with Crippen molar-refractivity contribution in [2.75, 3.05) is 26.2 Å². The molecule has 1 aliphatic rings. The summed E-state index contributed by atoms with van der Waals surface area (Å²) >= 11 is 0. The van der Waals surface area contributed by atoms with E-state index in [4.69, 9.17) is 10.5 Å². The molecule has 1 unspecified atom stereocenters. The summed E-state index contributed by atoms with van der Waals surface area (Å²) in [6, 6.07) is -0.0349. The predicted molar refractivity (Wildman–Crippen MR) is 73.3 cm³/mol. The Morgan fingerprint density at radius 2 is 2.17 bits per heavy atom. The summed E-state index contributed by atoms with van der Waals surface area (Å²) in [5, 5.41) is 0. The smallest absolute Gasteiger partial charge is 0.323 e. The highest BCUT2D eigenvalue weighted by atomic mass is 16.5. The Hall–Kier alpha value is -0.610. The first kappa shape index (κ1) is 15.4. The van der Waals surface area contributed by atoms with Gasteiger partial charge in [0.25, 0.3) is 0 Å². The molecule has 1 fully saturated rings. The predicted octanol–water partition coefficient (Wildman–Crippen LogP) is 1.78. The summed E-state index contributed by atoms with van der Waals surface area (Å²) in [5.41, 5.74) is 5.90. The molecule has 1 aliphatic heterocycles. The molecule has 4 nitrogen and oxygen atoms in total. The van der Waals surface area contributed by atoms with E-state index in [2.05, 4.69) is 18.7 Å². The number of carbonyl (C=O) groups excluding carboxylic acids is 1. The molecule has 1 heterocycles. The van der Waals surface area contributed by atoms with Crippen LogP contribution in [-0.2, 0) is 9.53 Å². The van der Waals surface area contributed by atoms with Crippen molar-refractivity contribution in [3.63, 3.8) is 0 Å². The van der Waals surface area contributed by atoms with Crippen LogP contribution in [0.25, 0.3) is 0 Å². The van der Waals surface area contributed by atoms with Gasteiger partial charge in [0.1, 0.15) is 6.04 Å². The van der Waals surface area contributed by atoms with E-state index < -0.39 is 0 Å². The van der Waals surface area contributed by atoms with Crippen LogP contribution in [0.15, 0.2) is 0 Å². The normalized spacial score (nSPS) is 21.9. The summed E-state index contributed by atoms with van der Waals surface area (Å²) in [5.74, 6) is -0.0530. The van der Waals surface area contributed by atoms with E-state index in [0.29, 0.717) is 13.2 Å². The lowest BCUT2D eigenvalue weighted by atomic mass is 9.88. The van der Waals surface area contributed by atoms with Crippen LogP contribution in [0.5, 0.6) is 0 Å². The van der Waals surface area contributed by atoms with Gasteiger partial charge >= 0.3 is 5.97 Å². The quantitative estimate of drug-likeness (QED) is 0.736. The monoisotopic (exact) mass is 256 g/mol. The molecule has 1 atom stereocenters. The Balaban J connectivity index is 2.52. The Bertz CT molecular complexity index is 267. The first-order valence-corrected chi connectivity index (χ1v) is 7.11. The fraction of sp³-hybridized carbons (Fsp3) is 0.929. The molecule has 1 saturated heterocycles. The van der Waals surface area contributed by atoms with Crippen molar-refractivity contribution in [2.45, 2.75) is 52.5 Å². The number of rotatable bonds is 6. The third kappa shape index (κ3) is 4.58. The number of hydrogen-bond donors (Lipinski definition) is 1. The molecule has 0 aromatic carbocycles. The molecule has 18 heavy (non-hydrogen) atoms. The third-order valence-corrected chi connectivity index (χ3v) is 3.80. The van der Waals surface area contributed by atoms with Crippen molar-refractivity contribution in [3.05, 3.63) is 0 Å². The van der Waals surface area contributed by atoms with E-state index in [1.165, 1.54) is 6.42 Å². The number of esters is 1. The third-order valence-electron chi connectivity index (χ3n) is 3.80. The van der Waals surface area contributed by atoms with Crippen molar-refractivity contribution in [1.29, 1.82) is 0 Å². The number of nitrogens with two attached hydrogens (primary N) is 1.